The maximum Gasteiger partial charge on any atom is 0.262 e. The minimum atomic E-state index is -3.83. The van der Waals surface area contributed by atoms with E-state index in [2.05, 4.69) is 20.7 Å². The summed E-state index contributed by atoms with van der Waals surface area (Å²) in [5.74, 6) is 0.329. The van der Waals surface area contributed by atoms with Gasteiger partial charge in [0.25, 0.3) is 10.0 Å². The summed E-state index contributed by atoms with van der Waals surface area (Å²) in [6, 6.07) is 11.0. The van der Waals surface area contributed by atoms with Crippen LogP contribution in [0.1, 0.15) is 6.42 Å². The van der Waals surface area contributed by atoms with Gasteiger partial charge in [-0.15, -0.1) is 0 Å². The van der Waals surface area contributed by atoms with Gasteiger partial charge < -0.3 is 15.2 Å². The molecule has 2 aromatic rings. The van der Waals surface area contributed by atoms with E-state index in [1.54, 1.807) is 30.3 Å². The molecule has 134 valence electrons. The van der Waals surface area contributed by atoms with Gasteiger partial charge in [0.05, 0.1) is 35.2 Å². The van der Waals surface area contributed by atoms with Gasteiger partial charge in [0.1, 0.15) is 11.5 Å². The summed E-state index contributed by atoms with van der Waals surface area (Å²) < 4.78 is 38.7. The van der Waals surface area contributed by atoms with Crippen molar-refractivity contribution < 1.29 is 22.7 Å². The number of carbonyl (C=O) groups is 1. The van der Waals surface area contributed by atoms with Gasteiger partial charge in [0.15, 0.2) is 0 Å². The number of halogens is 1. The first-order valence-electron chi connectivity index (χ1n) is 7.20. The van der Waals surface area contributed by atoms with Gasteiger partial charge in [0, 0.05) is 0 Å². The third-order valence-electron chi connectivity index (χ3n) is 3.17. The van der Waals surface area contributed by atoms with E-state index in [1.807, 2.05) is 0 Å². The number of hydrogen-bond donors (Lipinski definition) is 2. The minimum Gasteiger partial charge on any atom is -0.496 e. The average molecular weight is 429 g/mol. The lowest BCUT2D eigenvalue weighted by molar-refractivity contribution is -0.118. The van der Waals surface area contributed by atoms with E-state index in [9.17, 15) is 13.2 Å². The normalized spacial score (nSPS) is 11.0. The molecular formula is C16H17BrN2O5S. The van der Waals surface area contributed by atoms with Crippen LogP contribution in [-0.2, 0) is 14.8 Å². The second-order valence-corrected chi connectivity index (χ2v) is 7.50. The Morgan fingerprint density at radius 2 is 1.92 bits per heavy atom. The number of nitrogens with one attached hydrogen (secondary N) is 1. The number of amides is 1. The molecule has 0 saturated heterocycles. The lowest BCUT2D eigenvalue weighted by Crippen LogP contribution is -2.16. The largest absolute Gasteiger partial charge is 0.496 e. The quantitative estimate of drug-likeness (QED) is 0.671. The van der Waals surface area contributed by atoms with E-state index < -0.39 is 15.9 Å². The van der Waals surface area contributed by atoms with Crippen LogP contribution in [0.5, 0.6) is 11.5 Å². The van der Waals surface area contributed by atoms with Crippen molar-refractivity contribution in [3.8, 4) is 11.5 Å². The Labute approximate surface area is 154 Å². The molecule has 0 radical (unpaired) electrons. The van der Waals surface area contributed by atoms with Gasteiger partial charge in [0.2, 0.25) is 5.91 Å². The number of benzene rings is 2. The molecule has 0 aliphatic heterocycles. The highest BCUT2D eigenvalue weighted by Crippen LogP contribution is 2.30. The second kappa shape index (κ2) is 8.21. The molecule has 0 atom stereocenters. The van der Waals surface area contributed by atoms with Crippen molar-refractivity contribution in [2.45, 2.75) is 11.3 Å². The summed E-state index contributed by atoms with van der Waals surface area (Å²) >= 11 is 3.26. The molecule has 1 amide bonds. The third-order valence-corrected chi connectivity index (χ3v) is 5.15. The van der Waals surface area contributed by atoms with Crippen molar-refractivity contribution in [2.24, 2.45) is 5.73 Å². The van der Waals surface area contributed by atoms with Crippen LogP contribution in [0.25, 0.3) is 0 Å². The number of sulfonamides is 1. The molecule has 2 rings (SSSR count). The predicted molar refractivity (Wildman–Crippen MR) is 97.3 cm³/mol. The number of carbonyl (C=O) groups excluding carboxylic acids is 1. The van der Waals surface area contributed by atoms with Crippen molar-refractivity contribution in [3.05, 3.63) is 46.9 Å². The Bertz CT molecular complexity index is 871. The van der Waals surface area contributed by atoms with Crippen molar-refractivity contribution in [1.82, 2.24) is 0 Å². The van der Waals surface area contributed by atoms with Crippen LogP contribution < -0.4 is 19.9 Å². The Hall–Kier alpha value is -2.26. The third kappa shape index (κ3) is 5.10. The van der Waals surface area contributed by atoms with Crippen molar-refractivity contribution >= 4 is 37.5 Å². The molecule has 0 saturated carbocycles. The number of rotatable bonds is 8. The summed E-state index contributed by atoms with van der Waals surface area (Å²) in [7, 11) is -2.34. The predicted octanol–water partition coefficient (Wildman–Crippen LogP) is 2.51. The molecule has 0 bridgehead atoms. The monoisotopic (exact) mass is 428 g/mol. The highest BCUT2D eigenvalue weighted by atomic mass is 79.9. The summed E-state index contributed by atoms with van der Waals surface area (Å²) in [5.41, 5.74) is 5.33. The summed E-state index contributed by atoms with van der Waals surface area (Å²) in [6.07, 6.45) is 0.0342. The Balaban J connectivity index is 2.23. The molecule has 3 N–H and O–H groups in total. The van der Waals surface area contributed by atoms with Gasteiger partial charge in [-0.2, -0.15) is 0 Å². The second-order valence-electron chi connectivity index (χ2n) is 4.96. The van der Waals surface area contributed by atoms with Gasteiger partial charge in [-0.05, 0) is 46.3 Å². The van der Waals surface area contributed by atoms with Crippen LogP contribution in [0.15, 0.2) is 51.8 Å². The number of nitrogens with two attached hydrogens (primary N) is 1. The average Bonchev–Trinajstić information content (AvgIpc) is 2.55. The van der Waals surface area contributed by atoms with Gasteiger partial charge >= 0.3 is 0 Å². The topological polar surface area (TPSA) is 108 Å². The first kappa shape index (κ1) is 19.1. The van der Waals surface area contributed by atoms with Crippen LogP contribution in [0, 0.1) is 0 Å². The SMILES string of the molecule is COc1ccc(S(=O)(=O)Nc2ccccc2OCCC(N)=O)cc1Br. The van der Waals surface area contributed by atoms with Crippen LogP contribution in [0.4, 0.5) is 5.69 Å². The molecule has 0 aliphatic rings. The summed E-state index contributed by atoms with van der Waals surface area (Å²) in [4.78, 5) is 10.9. The van der Waals surface area contributed by atoms with Crippen LogP contribution in [0.3, 0.4) is 0 Å². The highest BCUT2D eigenvalue weighted by molar-refractivity contribution is 9.10. The van der Waals surface area contributed by atoms with E-state index in [4.69, 9.17) is 15.2 Å². The van der Waals surface area contributed by atoms with Crippen molar-refractivity contribution in [2.75, 3.05) is 18.4 Å². The van der Waals surface area contributed by atoms with Crippen molar-refractivity contribution in [3.63, 3.8) is 0 Å². The van der Waals surface area contributed by atoms with Gasteiger partial charge in [-0.25, -0.2) is 8.42 Å². The first-order chi connectivity index (χ1) is 11.8. The molecule has 0 fully saturated rings. The fourth-order valence-corrected chi connectivity index (χ4v) is 3.74. The number of anilines is 1. The van der Waals surface area contributed by atoms with Crippen LogP contribution in [0.2, 0.25) is 0 Å². The number of methoxy groups -OCH3 is 1. The molecule has 9 heteroatoms. The molecule has 25 heavy (non-hydrogen) atoms. The molecule has 2 aromatic carbocycles. The number of ether oxygens (including phenoxy) is 2. The molecule has 7 nitrogen and oxygen atoms in total. The molecule has 0 heterocycles. The summed E-state index contributed by atoms with van der Waals surface area (Å²) in [6.45, 7) is 0.0577. The fraction of sp³-hybridized carbons (Fsp3) is 0.188. The maximum absolute atomic E-state index is 12.6. The molecule has 0 spiro atoms. The summed E-state index contributed by atoms with van der Waals surface area (Å²) in [5, 5.41) is 0. The maximum atomic E-state index is 12.6. The lowest BCUT2D eigenvalue weighted by atomic mass is 10.3. The van der Waals surface area contributed by atoms with E-state index in [-0.39, 0.29) is 23.6 Å². The standard InChI is InChI=1S/C16H17BrN2O5S/c1-23-14-7-6-11(10-12(14)17)25(21,22)19-13-4-2-3-5-15(13)24-9-8-16(18)20/h2-7,10,19H,8-9H2,1H3,(H2,18,20). The lowest BCUT2D eigenvalue weighted by Gasteiger charge is -2.14. The zero-order valence-corrected chi connectivity index (χ0v) is 15.8. The number of hydrogen-bond acceptors (Lipinski definition) is 5. The number of primary amides is 1. The highest BCUT2D eigenvalue weighted by Gasteiger charge is 2.18. The van der Waals surface area contributed by atoms with E-state index in [0.29, 0.717) is 16.0 Å². The Morgan fingerprint density at radius 3 is 2.56 bits per heavy atom. The molecule has 0 unspecified atom stereocenters. The van der Waals surface area contributed by atoms with E-state index in [0.717, 1.165) is 0 Å². The van der Waals surface area contributed by atoms with Crippen LogP contribution in [-0.4, -0.2) is 28.0 Å². The van der Waals surface area contributed by atoms with Gasteiger partial charge in [-0.3, -0.25) is 9.52 Å². The Morgan fingerprint density at radius 1 is 1.20 bits per heavy atom. The molecule has 0 aliphatic carbocycles. The van der Waals surface area contributed by atoms with Gasteiger partial charge in [-0.1, -0.05) is 12.1 Å². The van der Waals surface area contributed by atoms with Crippen molar-refractivity contribution in [1.29, 1.82) is 0 Å². The zero-order valence-electron chi connectivity index (χ0n) is 13.4. The first-order valence-corrected chi connectivity index (χ1v) is 9.47. The minimum absolute atomic E-state index is 0.0342. The smallest absolute Gasteiger partial charge is 0.262 e. The number of para-hydroxylation sites is 2. The Kier molecular flexibility index (Phi) is 6.27. The van der Waals surface area contributed by atoms with E-state index in [1.165, 1.54) is 19.2 Å². The zero-order chi connectivity index (χ0) is 18.4. The van der Waals surface area contributed by atoms with E-state index >= 15 is 0 Å². The molecule has 0 aromatic heterocycles. The fourth-order valence-electron chi connectivity index (χ4n) is 1.96. The molecular weight excluding hydrogens is 412 g/mol. The van der Waals surface area contributed by atoms with Crippen LogP contribution >= 0.6 is 15.9 Å².